The molecule has 210 valence electrons. The summed E-state index contributed by atoms with van der Waals surface area (Å²) in [7, 11) is 1.32. The summed E-state index contributed by atoms with van der Waals surface area (Å²) in [5.41, 5.74) is 1.36. The van der Waals surface area contributed by atoms with Crippen LogP contribution in [-0.2, 0) is 13.2 Å². The van der Waals surface area contributed by atoms with E-state index >= 15 is 0 Å². The Morgan fingerprint density at radius 3 is 2.50 bits per heavy atom. The average Bonchev–Trinajstić information content (AvgIpc) is 3.24. The van der Waals surface area contributed by atoms with Crippen molar-refractivity contribution >= 4 is 36.1 Å². The molecule has 2 atom stereocenters. The molecule has 1 aliphatic rings. The first-order valence-corrected chi connectivity index (χ1v) is 12.8. The summed E-state index contributed by atoms with van der Waals surface area (Å²) in [6.45, 7) is 9.03. The van der Waals surface area contributed by atoms with Gasteiger partial charge >= 0.3 is 6.18 Å². The molecular formula is C29H31F3N6O2. The zero-order chi connectivity index (χ0) is 29.2. The van der Waals surface area contributed by atoms with Gasteiger partial charge in [0.2, 0.25) is 0 Å². The molecule has 0 aliphatic carbocycles. The summed E-state index contributed by atoms with van der Waals surface area (Å²) in [6.07, 6.45) is -2.74. The number of nitrogens with zero attached hydrogens (tertiary/aromatic N) is 5. The van der Waals surface area contributed by atoms with Crippen molar-refractivity contribution in [2.45, 2.75) is 45.3 Å². The summed E-state index contributed by atoms with van der Waals surface area (Å²) >= 11 is 0. The number of aryl methyl sites for hydroxylation is 3. The smallest absolute Gasteiger partial charge is 0.347 e. The number of carbonyl (C=O) groups excluding carboxylic acids is 2. The van der Waals surface area contributed by atoms with Crippen molar-refractivity contribution < 1.29 is 22.8 Å². The third kappa shape index (κ3) is 5.68. The molecule has 0 spiro atoms. The lowest BCUT2D eigenvalue weighted by Crippen LogP contribution is -2.51. The molecule has 3 aromatic rings. The van der Waals surface area contributed by atoms with Crippen molar-refractivity contribution in [3.05, 3.63) is 76.1 Å². The first kappa shape index (κ1) is 28.7. The largest absolute Gasteiger partial charge is 0.420 e. The lowest BCUT2D eigenvalue weighted by molar-refractivity contribution is -0.138. The van der Waals surface area contributed by atoms with E-state index in [1.165, 1.54) is 14.0 Å². The summed E-state index contributed by atoms with van der Waals surface area (Å²) in [4.78, 5) is 36.9. The van der Waals surface area contributed by atoms with Gasteiger partial charge < -0.3 is 10.2 Å². The number of amides is 2. The lowest BCUT2D eigenvalue weighted by Gasteiger charge is -2.39. The molecule has 1 saturated heterocycles. The average molecular weight is 553 g/mol. The normalized spacial score (nSPS) is 17.7. The number of nitrogens with one attached hydrogen (secondary N) is 1. The number of aromatic nitrogens is 2. The van der Waals surface area contributed by atoms with Gasteiger partial charge in [-0.2, -0.15) is 18.3 Å². The minimum absolute atomic E-state index is 0.215. The number of likely N-dealkylation sites (tertiary alicyclic amines) is 1. The molecule has 1 aliphatic heterocycles. The summed E-state index contributed by atoms with van der Waals surface area (Å²) in [5, 5.41) is 6.66. The highest BCUT2D eigenvalue weighted by Gasteiger charge is 2.42. The second-order valence-corrected chi connectivity index (χ2v) is 9.77. The number of alkyl halides is 3. The van der Waals surface area contributed by atoms with Crippen LogP contribution in [-0.4, -0.2) is 58.6 Å². The van der Waals surface area contributed by atoms with Crippen LogP contribution >= 0.6 is 0 Å². The fraction of sp³-hybridized carbons (Fsp3) is 0.345. The Morgan fingerprint density at radius 2 is 1.88 bits per heavy atom. The van der Waals surface area contributed by atoms with Crippen molar-refractivity contribution in [3.63, 3.8) is 0 Å². The highest BCUT2D eigenvalue weighted by molar-refractivity contribution is 5.97. The highest BCUT2D eigenvalue weighted by atomic mass is 19.4. The Labute approximate surface area is 230 Å². The van der Waals surface area contributed by atoms with Crippen LogP contribution in [0.4, 0.5) is 24.5 Å². The van der Waals surface area contributed by atoms with Gasteiger partial charge in [0, 0.05) is 43.9 Å². The fourth-order valence-electron chi connectivity index (χ4n) is 5.33. The van der Waals surface area contributed by atoms with Gasteiger partial charge in [-0.25, -0.2) is 0 Å². The standard InChI is InChI=1S/C29H31F3N6O2/c1-6-34-25-17(2)14-20(15-23(25)33-4)28(40)38-13-12-22(21(16-38)19-10-8-7-9-11-19)35-27(39)26-24(29(30,31)32)18(3)36-37(26)5/h6-11,14-15,21-22H,4,12-13,16H2,1-3,5H3,(H,35,39)/t21-,22-/m1/s1. The molecule has 0 unspecified atom stereocenters. The monoisotopic (exact) mass is 552 g/mol. The number of carbonyl (C=O) groups is 2. The summed E-state index contributed by atoms with van der Waals surface area (Å²) < 4.78 is 42.2. The van der Waals surface area contributed by atoms with E-state index in [4.69, 9.17) is 0 Å². The summed E-state index contributed by atoms with van der Waals surface area (Å²) in [6, 6.07) is 12.2. The molecule has 1 fully saturated rings. The van der Waals surface area contributed by atoms with E-state index in [9.17, 15) is 22.8 Å². The summed E-state index contributed by atoms with van der Waals surface area (Å²) in [5.74, 6) is -1.42. The Hall–Kier alpha value is -4.28. The second kappa shape index (κ2) is 11.4. The van der Waals surface area contributed by atoms with E-state index in [1.54, 1.807) is 30.2 Å². The molecule has 1 aromatic heterocycles. The number of aliphatic imine (C=N–C) groups is 2. The number of hydrogen-bond acceptors (Lipinski definition) is 5. The maximum Gasteiger partial charge on any atom is 0.420 e. The van der Waals surface area contributed by atoms with Gasteiger partial charge in [0.1, 0.15) is 11.3 Å². The topological polar surface area (TPSA) is 92.0 Å². The van der Waals surface area contributed by atoms with Crippen LogP contribution in [0.5, 0.6) is 0 Å². The van der Waals surface area contributed by atoms with Crippen molar-refractivity contribution in [2.24, 2.45) is 17.0 Å². The molecule has 8 nitrogen and oxygen atoms in total. The first-order valence-electron chi connectivity index (χ1n) is 12.8. The van der Waals surface area contributed by atoms with Crippen LogP contribution in [0.15, 0.2) is 52.4 Å². The minimum atomic E-state index is -4.73. The number of piperidine rings is 1. The van der Waals surface area contributed by atoms with Crippen molar-refractivity contribution in [1.29, 1.82) is 0 Å². The van der Waals surface area contributed by atoms with Gasteiger partial charge in [-0.3, -0.25) is 24.3 Å². The van der Waals surface area contributed by atoms with Gasteiger partial charge in [-0.05, 0) is 57.2 Å². The third-order valence-corrected chi connectivity index (χ3v) is 7.12. The molecule has 11 heteroatoms. The number of hydrogen-bond donors (Lipinski definition) is 1. The van der Waals surface area contributed by atoms with E-state index in [2.05, 4.69) is 27.1 Å². The zero-order valence-electron chi connectivity index (χ0n) is 22.8. The first-order chi connectivity index (χ1) is 19.0. The van der Waals surface area contributed by atoms with Gasteiger partial charge in [0.25, 0.3) is 11.8 Å². The molecule has 0 radical (unpaired) electrons. The fourth-order valence-corrected chi connectivity index (χ4v) is 5.33. The van der Waals surface area contributed by atoms with Crippen molar-refractivity contribution in [1.82, 2.24) is 20.0 Å². The highest BCUT2D eigenvalue weighted by Crippen LogP contribution is 2.36. The molecule has 4 rings (SSSR count). The second-order valence-electron chi connectivity index (χ2n) is 9.77. The number of benzene rings is 2. The predicted molar refractivity (Wildman–Crippen MR) is 148 cm³/mol. The minimum Gasteiger partial charge on any atom is -0.347 e. The predicted octanol–water partition coefficient (Wildman–Crippen LogP) is 5.54. The quantitative estimate of drug-likeness (QED) is 0.407. The van der Waals surface area contributed by atoms with Crippen LogP contribution in [0.3, 0.4) is 0 Å². The van der Waals surface area contributed by atoms with E-state index < -0.39 is 29.4 Å². The molecule has 0 bridgehead atoms. The maximum atomic E-state index is 13.8. The third-order valence-electron chi connectivity index (χ3n) is 7.12. The molecule has 40 heavy (non-hydrogen) atoms. The van der Waals surface area contributed by atoms with Crippen molar-refractivity contribution in [2.75, 3.05) is 13.1 Å². The van der Waals surface area contributed by atoms with Crippen LogP contribution in [0.25, 0.3) is 0 Å². The maximum absolute atomic E-state index is 13.8. The Morgan fingerprint density at radius 1 is 1.18 bits per heavy atom. The van der Waals surface area contributed by atoms with Gasteiger partial charge in [0.05, 0.1) is 17.1 Å². The van der Waals surface area contributed by atoms with E-state index in [0.29, 0.717) is 29.9 Å². The molecule has 1 N–H and O–H groups in total. The van der Waals surface area contributed by atoms with Crippen LogP contribution < -0.4 is 5.32 Å². The Balaban J connectivity index is 1.63. The number of rotatable bonds is 6. The van der Waals surface area contributed by atoms with E-state index in [1.807, 2.05) is 37.3 Å². The van der Waals surface area contributed by atoms with Crippen LogP contribution in [0.2, 0.25) is 0 Å². The van der Waals surface area contributed by atoms with Crippen LogP contribution in [0.1, 0.15) is 62.5 Å². The SMILES string of the molecule is C=Nc1cc(C(=O)N2CC[C@@H](NC(=O)c3c(C(F)(F)F)c(C)nn3C)[C@@H](c3ccccc3)C2)cc(C)c1N=CC. The Bertz CT molecular complexity index is 1460. The Kier molecular flexibility index (Phi) is 8.22. The van der Waals surface area contributed by atoms with Crippen LogP contribution in [0, 0.1) is 13.8 Å². The van der Waals surface area contributed by atoms with Gasteiger partial charge in [-0.1, -0.05) is 30.3 Å². The van der Waals surface area contributed by atoms with E-state index in [0.717, 1.165) is 15.8 Å². The molecular weight excluding hydrogens is 521 g/mol. The van der Waals surface area contributed by atoms with Gasteiger partial charge in [0.15, 0.2) is 0 Å². The zero-order valence-corrected chi connectivity index (χ0v) is 22.8. The lowest BCUT2D eigenvalue weighted by atomic mass is 9.85. The molecule has 2 aromatic carbocycles. The van der Waals surface area contributed by atoms with E-state index in [-0.39, 0.29) is 24.1 Å². The molecule has 0 saturated carbocycles. The number of halogens is 3. The van der Waals surface area contributed by atoms with Gasteiger partial charge in [-0.15, -0.1) is 0 Å². The molecule has 2 heterocycles. The molecule has 2 amide bonds. The van der Waals surface area contributed by atoms with Crippen molar-refractivity contribution in [3.8, 4) is 0 Å².